The van der Waals surface area contributed by atoms with Gasteiger partial charge in [-0.1, -0.05) is 6.07 Å². The quantitative estimate of drug-likeness (QED) is 0.564. The second-order valence-electron chi connectivity index (χ2n) is 5.79. The Morgan fingerprint density at radius 3 is 2.96 bits per heavy atom. The van der Waals surface area contributed by atoms with Crippen LogP contribution in [0.2, 0.25) is 0 Å². The number of aromatic amines is 1. The van der Waals surface area contributed by atoms with E-state index in [1.165, 1.54) is 11.3 Å². The highest BCUT2D eigenvalue weighted by atomic mass is 32.1. The van der Waals surface area contributed by atoms with Crippen LogP contribution >= 0.6 is 11.3 Å². The van der Waals surface area contributed by atoms with Crippen molar-refractivity contribution in [1.82, 2.24) is 9.97 Å². The molecule has 27 heavy (non-hydrogen) atoms. The van der Waals surface area contributed by atoms with Crippen LogP contribution in [0.4, 0.5) is 5.13 Å². The molecular weight excluding hydrogens is 370 g/mol. The third-order valence-corrected chi connectivity index (χ3v) is 4.83. The Bertz CT molecular complexity index is 1240. The maximum atomic E-state index is 12.4. The predicted molar refractivity (Wildman–Crippen MR) is 98.5 cm³/mol. The fourth-order valence-corrected chi connectivity index (χ4v) is 3.49. The summed E-state index contributed by atoms with van der Waals surface area (Å²) in [5.74, 6) is 0.372. The number of aromatic nitrogens is 2. The molecule has 0 saturated heterocycles. The zero-order valence-electron chi connectivity index (χ0n) is 13.6. The van der Waals surface area contributed by atoms with Gasteiger partial charge in [-0.3, -0.25) is 15.1 Å². The van der Waals surface area contributed by atoms with E-state index in [9.17, 15) is 9.59 Å². The molecule has 2 aromatic carbocycles. The fraction of sp³-hybridized carbons (Fsp3) is 0.0556. The van der Waals surface area contributed by atoms with Crippen molar-refractivity contribution >= 4 is 33.5 Å². The number of hydrogen-bond donors (Lipinski definition) is 2. The number of ether oxygens (including phenoxy) is 2. The number of thiazole rings is 1. The van der Waals surface area contributed by atoms with Gasteiger partial charge in [0.05, 0.1) is 11.2 Å². The van der Waals surface area contributed by atoms with Gasteiger partial charge in [0.2, 0.25) is 6.79 Å². The number of nitrogens with one attached hydrogen (secondary N) is 2. The maximum Gasteiger partial charge on any atom is 0.417 e. The van der Waals surface area contributed by atoms with E-state index in [4.69, 9.17) is 13.9 Å². The Balaban J connectivity index is 1.38. The minimum absolute atomic E-state index is 0.155. The highest BCUT2D eigenvalue weighted by Crippen LogP contribution is 2.33. The summed E-state index contributed by atoms with van der Waals surface area (Å²) in [6.45, 7) is 0.155. The van der Waals surface area contributed by atoms with Crippen molar-refractivity contribution in [3.63, 3.8) is 0 Å². The molecule has 8 nitrogen and oxygen atoms in total. The molecule has 134 valence electrons. The van der Waals surface area contributed by atoms with Gasteiger partial charge in [0.1, 0.15) is 0 Å². The summed E-state index contributed by atoms with van der Waals surface area (Å²) in [6, 6.07) is 10.3. The van der Waals surface area contributed by atoms with Crippen molar-refractivity contribution < 1.29 is 18.7 Å². The number of carbonyl (C=O) groups excluding carboxylic acids is 1. The molecule has 2 N–H and O–H groups in total. The molecule has 1 amide bonds. The second-order valence-corrected chi connectivity index (χ2v) is 6.64. The summed E-state index contributed by atoms with van der Waals surface area (Å²) in [7, 11) is 0. The zero-order chi connectivity index (χ0) is 18.4. The summed E-state index contributed by atoms with van der Waals surface area (Å²) in [6.07, 6.45) is 0. The first-order chi connectivity index (χ1) is 13.2. The summed E-state index contributed by atoms with van der Waals surface area (Å²) in [5, 5.41) is 5.06. The molecular formula is C18H11N3O5S. The molecule has 0 unspecified atom stereocenters. The lowest BCUT2D eigenvalue weighted by molar-refractivity contribution is 0.102. The highest BCUT2D eigenvalue weighted by molar-refractivity contribution is 7.14. The lowest BCUT2D eigenvalue weighted by atomic mass is 10.1. The van der Waals surface area contributed by atoms with E-state index in [0.717, 1.165) is 5.56 Å². The number of carbonyl (C=O) groups is 1. The van der Waals surface area contributed by atoms with Crippen LogP contribution in [0.5, 0.6) is 11.5 Å². The summed E-state index contributed by atoms with van der Waals surface area (Å²) < 4.78 is 15.6. The van der Waals surface area contributed by atoms with Crippen molar-refractivity contribution in [3.8, 4) is 22.8 Å². The number of anilines is 1. The van der Waals surface area contributed by atoms with Gasteiger partial charge >= 0.3 is 5.76 Å². The molecule has 5 rings (SSSR count). The lowest BCUT2D eigenvalue weighted by Gasteiger charge is -2.03. The minimum atomic E-state index is -0.503. The molecule has 0 atom stereocenters. The number of rotatable bonds is 3. The predicted octanol–water partition coefficient (Wildman–Crippen LogP) is 3.23. The van der Waals surface area contributed by atoms with E-state index < -0.39 is 5.76 Å². The molecule has 1 aliphatic rings. The molecule has 0 spiro atoms. The first-order valence-electron chi connectivity index (χ1n) is 7.95. The van der Waals surface area contributed by atoms with Crippen molar-refractivity contribution in [2.45, 2.75) is 0 Å². The van der Waals surface area contributed by atoms with Gasteiger partial charge in [0, 0.05) is 16.5 Å². The van der Waals surface area contributed by atoms with E-state index in [1.54, 1.807) is 30.3 Å². The first kappa shape index (κ1) is 15.6. The van der Waals surface area contributed by atoms with Gasteiger partial charge < -0.3 is 13.9 Å². The highest BCUT2D eigenvalue weighted by Gasteiger charge is 2.17. The Kier molecular flexibility index (Phi) is 3.47. The van der Waals surface area contributed by atoms with E-state index in [-0.39, 0.29) is 12.7 Å². The fourth-order valence-electron chi connectivity index (χ4n) is 2.78. The van der Waals surface area contributed by atoms with E-state index >= 15 is 0 Å². The van der Waals surface area contributed by atoms with Crippen molar-refractivity contribution in [2.75, 3.05) is 12.1 Å². The topological polar surface area (TPSA) is 106 Å². The van der Waals surface area contributed by atoms with Gasteiger partial charge in [-0.15, -0.1) is 11.3 Å². The third-order valence-electron chi connectivity index (χ3n) is 4.08. The van der Waals surface area contributed by atoms with Gasteiger partial charge in [-0.2, -0.15) is 0 Å². The first-order valence-corrected chi connectivity index (χ1v) is 8.83. The smallest absolute Gasteiger partial charge is 0.417 e. The van der Waals surface area contributed by atoms with Crippen LogP contribution in [0.3, 0.4) is 0 Å². The average Bonchev–Trinajstić information content (AvgIpc) is 3.38. The maximum absolute atomic E-state index is 12.4. The third kappa shape index (κ3) is 2.83. The van der Waals surface area contributed by atoms with Crippen LogP contribution in [0.1, 0.15) is 10.4 Å². The SMILES string of the molecule is O=C(Nc1nc(-c2ccc3[nH]c(=O)oc3c2)cs1)c1ccc2c(c1)OCO2. The van der Waals surface area contributed by atoms with Gasteiger partial charge in [-0.05, 0) is 30.3 Å². The minimum Gasteiger partial charge on any atom is -0.454 e. The number of nitrogens with zero attached hydrogens (tertiary/aromatic N) is 1. The van der Waals surface area contributed by atoms with E-state index in [0.29, 0.717) is 39.0 Å². The van der Waals surface area contributed by atoms with Gasteiger partial charge in [0.25, 0.3) is 5.91 Å². The molecule has 4 aromatic rings. The Morgan fingerprint density at radius 1 is 1.15 bits per heavy atom. The van der Waals surface area contributed by atoms with E-state index in [1.807, 2.05) is 11.4 Å². The standard InChI is InChI=1S/C18H11N3O5S/c22-16(10-2-4-13-15(6-10)25-8-24-13)21-17-19-12(7-27-17)9-1-3-11-14(5-9)26-18(23)20-11/h1-7H,8H2,(H,20,23)(H,19,21,22). The van der Waals surface area contributed by atoms with Crippen LogP contribution in [0.25, 0.3) is 22.4 Å². The monoisotopic (exact) mass is 381 g/mol. The second kappa shape index (κ2) is 5.99. The van der Waals surface area contributed by atoms with Crippen molar-refractivity contribution in [1.29, 1.82) is 0 Å². The Morgan fingerprint density at radius 2 is 2.04 bits per heavy atom. The number of fused-ring (bicyclic) bond motifs is 2. The van der Waals surface area contributed by atoms with Crippen molar-refractivity contribution in [3.05, 3.63) is 57.9 Å². The molecule has 0 radical (unpaired) electrons. The van der Waals surface area contributed by atoms with Crippen LogP contribution < -0.4 is 20.5 Å². The number of oxazole rings is 1. The molecule has 0 saturated carbocycles. The van der Waals surface area contributed by atoms with Crippen LogP contribution in [-0.2, 0) is 0 Å². The normalized spacial score (nSPS) is 12.4. The molecule has 0 aliphatic carbocycles. The van der Waals surface area contributed by atoms with Crippen LogP contribution in [0, 0.1) is 0 Å². The lowest BCUT2D eigenvalue weighted by Crippen LogP contribution is -2.11. The summed E-state index contributed by atoms with van der Waals surface area (Å²) in [5.41, 5.74) is 2.98. The zero-order valence-corrected chi connectivity index (χ0v) is 14.5. The average molecular weight is 381 g/mol. The van der Waals surface area contributed by atoms with E-state index in [2.05, 4.69) is 15.3 Å². The number of amides is 1. The molecule has 3 heterocycles. The largest absolute Gasteiger partial charge is 0.454 e. The Labute approximate surface area is 155 Å². The molecule has 1 aliphatic heterocycles. The summed E-state index contributed by atoms with van der Waals surface area (Å²) >= 11 is 1.30. The molecule has 9 heteroatoms. The van der Waals surface area contributed by atoms with Crippen LogP contribution in [-0.4, -0.2) is 22.7 Å². The Hall–Kier alpha value is -3.59. The number of hydrogen-bond acceptors (Lipinski definition) is 7. The molecule has 0 fully saturated rings. The molecule has 0 bridgehead atoms. The number of benzene rings is 2. The van der Waals surface area contributed by atoms with Crippen LogP contribution in [0.15, 0.2) is 51.0 Å². The van der Waals surface area contributed by atoms with Crippen molar-refractivity contribution in [2.24, 2.45) is 0 Å². The molecule has 2 aromatic heterocycles. The summed E-state index contributed by atoms with van der Waals surface area (Å²) in [4.78, 5) is 30.7. The van der Waals surface area contributed by atoms with Gasteiger partial charge in [0.15, 0.2) is 22.2 Å². The van der Waals surface area contributed by atoms with Gasteiger partial charge in [-0.25, -0.2) is 9.78 Å². The number of H-pyrrole nitrogens is 1.